The standard InChI is InChI=1S/C31H33F4N3O4/c1-29(12-13-38(2)18-29)21-15-24(19-4-7-22(32)8-5-19)37-27(16-21)30(40,31(33,34)35)17-36-28(39)20-6-11-25(26(14-20)41-3)42-23-9-10-23/h4-8,11,14-16,23,40H,9-10,12-13,17-18H2,1-3H3,(H,36,39)/t29-,30?/m0/s1. The molecule has 1 saturated carbocycles. The van der Waals surface area contributed by atoms with Crippen LogP contribution in [0.2, 0.25) is 0 Å². The first-order chi connectivity index (χ1) is 19.8. The predicted molar refractivity (Wildman–Crippen MR) is 148 cm³/mol. The van der Waals surface area contributed by atoms with E-state index in [9.17, 15) is 27.5 Å². The quantitative estimate of drug-likeness (QED) is 0.335. The van der Waals surface area contributed by atoms with Crippen LogP contribution in [0.5, 0.6) is 11.5 Å². The number of rotatable bonds is 9. The summed E-state index contributed by atoms with van der Waals surface area (Å²) < 4.78 is 68.7. The second-order valence-electron chi connectivity index (χ2n) is 11.4. The Morgan fingerprint density at radius 2 is 1.83 bits per heavy atom. The molecule has 2 aliphatic rings. The Balaban J connectivity index is 1.49. The van der Waals surface area contributed by atoms with E-state index in [4.69, 9.17) is 9.47 Å². The van der Waals surface area contributed by atoms with Gasteiger partial charge in [-0.2, -0.15) is 13.2 Å². The number of likely N-dealkylation sites (N-methyl/N-ethyl adjacent to an activating group) is 1. The van der Waals surface area contributed by atoms with E-state index in [2.05, 4.69) is 15.2 Å². The average molecular weight is 588 g/mol. The van der Waals surface area contributed by atoms with E-state index < -0.39 is 41.2 Å². The highest BCUT2D eigenvalue weighted by Crippen LogP contribution is 2.42. The highest BCUT2D eigenvalue weighted by atomic mass is 19.4. The number of pyridine rings is 1. The zero-order valence-electron chi connectivity index (χ0n) is 23.6. The topological polar surface area (TPSA) is 83.9 Å². The van der Waals surface area contributed by atoms with E-state index in [0.29, 0.717) is 29.8 Å². The number of hydrogen-bond donors (Lipinski definition) is 2. The molecule has 1 aliphatic carbocycles. The number of methoxy groups -OCH3 is 1. The molecule has 2 atom stereocenters. The number of benzene rings is 2. The SMILES string of the molecule is COc1cc(C(=O)NCC(O)(c2cc([C@@]3(C)CCN(C)C3)cc(-c3ccc(F)cc3)n2)C(F)(F)F)ccc1OC1CC1. The molecule has 0 radical (unpaired) electrons. The van der Waals surface area contributed by atoms with Crippen molar-refractivity contribution in [3.05, 3.63) is 77.2 Å². The van der Waals surface area contributed by atoms with Gasteiger partial charge in [0.1, 0.15) is 5.82 Å². The van der Waals surface area contributed by atoms with Crippen molar-refractivity contribution in [3.63, 3.8) is 0 Å². The molecular weight excluding hydrogens is 554 g/mol. The van der Waals surface area contributed by atoms with Crippen molar-refractivity contribution < 1.29 is 36.9 Å². The Hall–Kier alpha value is -3.70. The van der Waals surface area contributed by atoms with Crippen molar-refractivity contribution in [2.24, 2.45) is 0 Å². The van der Waals surface area contributed by atoms with Gasteiger partial charge in [-0.05, 0) is 93.0 Å². The van der Waals surface area contributed by atoms with E-state index in [1.165, 1.54) is 55.6 Å². The van der Waals surface area contributed by atoms with Gasteiger partial charge in [0, 0.05) is 23.1 Å². The number of ether oxygens (including phenoxy) is 2. The molecule has 1 aliphatic heterocycles. The van der Waals surface area contributed by atoms with E-state index in [0.717, 1.165) is 19.4 Å². The highest BCUT2D eigenvalue weighted by molar-refractivity contribution is 5.95. The lowest BCUT2D eigenvalue weighted by Gasteiger charge is -2.33. The van der Waals surface area contributed by atoms with Crippen LogP contribution in [0.1, 0.15) is 47.8 Å². The normalized spacial score (nSPS) is 20.7. The third-order valence-corrected chi connectivity index (χ3v) is 7.97. The van der Waals surface area contributed by atoms with Crippen LogP contribution in [0.25, 0.3) is 11.3 Å². The average Bonchev–Trinajstić information content (AvgIpc) is 3.71. The summed E-state index contributed by atoms with van der Waals surface area (Å²) in [5.41, 5.74) is -3.55. The summed E-state index contributed by atoms with van der Waals surface area (Å²) in [7, 11) is 3.33. The van der Waals surface area contributed by atoms with Crippen LogP contribution in [-0.2, 0) is 11.0 Å². The Morgan fingerprint density at radius 3 is 2.43 bits per heavy atom. The number of nitrogens with zero attached hydrogens (tertiary/aromatic N) is 2. The van der Waals surface area contributed by atoms with Crippen molar-refractivity contribution >= 4 is 5.91 Å². The molecule has 0 spiro atoms. The van der Waals surface area contributed by atoms with E-state index in [1.807, 2.05) is 14.0 Å². The molecule has 1 unspecified atom stereocenters. The fraction of sp³-hybridized carbons (Fsp3) is 0.419. The Bertz CT molecular complexity index is 1460. The molecule has 2 heterocycles. The molecule has 5 rings (SSSR count). The Morgan fingerprint density at radius 1 is 1.12 bits per heavy atom. The summed E-state index contributed by atoms with van der Waals surface area (Å²) in [6, 6.07) is 12.5. The minimum atomic E-state index is -5.20. The maximum Gasteiger partial charge on any atom is 0.424 e. The van der Waals surface area contributed by atoms with Gasteiger partial charge in [0.15, 0.2) is 11.5 Å². The molecule has 7 nitrogen and oxygen atoms in total. The van der Waals surface area contributed by atoms with E-state index >= 15 is 0 Å². The van der Waals surface area contributed by atoms with Crippen molar-refractivity contribution in [2.45, 2.75) is 49.5 Å². The zero-order valence-corrected chi connectivity index (χ0v) is 23.6. The zero-order chi connectivity index (χ0) is 30.3. The monoisotopic (exact) mass is 587 g/mol. The summed E-state index contributed by atoms with van der Waals surface area (Å²) in [6.45, 7) is 2.09. The number of nitrogens with one attached hydrogen (secondary N) is 1. The van der Waals surface area contributed by atoms with Crippen molar-refractivity contribution in [2.75, 3.05) is 33.8 Å². The lowest BCUT2D eigenvalue weighted by molar-refractivity contribution is -0.265. The lowest BCUT2D eigenvalue weighted by Crippen LogP contribution is -2.51. The fourth-order valence-electron chi connectivity index (χ4n) is 5.20. The molecule has 3 aromatic rings. The Kier molecular flexibility index (Phi) is 7.93. The van der Waals surface area contributed by atoms with Gasteiger partial charge in [-0.15, -0.1) is 0 Å². The maximum absolute atomic E-state index is 14.7. The van der Waals surface area contributed by atoms with Crippen LogP contribution in [0.4, 0.5) is 17.6 Å². The third kappa shape index (κ3) is 6.07. The molecular formula is C31H33F4N3O4. The van der Waals surface area contributed by atoms with Gasteiger partial charge < -0.3 is 24.8 Å². The number of aliphatic hydroxyl groups is 1. The molecule has 2 aromatic carbocycles. The lowest BCUT2D eigenvalue weighted by atomic mass is 9.80. The van der Waals surface area contributed by atoms with Crippen LogP contribution in [-0.4, -0.2) is 67.0 Å². The van der Waals surface area contributed by atoms with Crippen molar-refractivity contribution in [3.8, 4) is 22.8 Å². The first kappa shape index (κ1) is 29.8. The number of hydrogen-bond acceptors (Lipinski definition) is 6. The van der Waals surface area contributed by atoms with Gasteiger partial charge in [0.25, 0.3) is 5.91 Å². The number of halogens is 4. The molecule has 1 saturated heterocycles. The van der Waals surface area contributed by atoms with Crippen molar-refractivity contribution in [1.29, 1.82) is 0 Å². The first-order valence-corrected chi connectivity index (χ1v) is 13.7. The number of carbonyl (C=O) groups is 1. The molecule has 42 heavy (non-hydrogen) atoms. The summed E-state index contributed by atoms with van der Waals surface area (Å²) in [4.78, 5) is 19.3. The number of carbonyl (C=O) groups excluding carboxylic acids is 1. The van der Waals surface area contributed by atoms with Gasteiger partial charge in [0.05, 0.1) is 31.1 Å². The number of aromatic nitrogens is 1. The minimum absolute atomic E-state index is 0.0368. The Labute approximate surface area is 241 Å². The summed E-state index contributed by atoms with van der Waals surface area (Å²) in [5, 5.41) is 13.5. The second kappa shape index (κ2) is 11.2. The molecule has 224 valence electrons. The highest BCUT2D eigenvalue weighted by Gasteiger charge is 2.57. The molecule has 2 fully saturated rings. The molecule has 2 N–H and O–H groups in total. The van der Waals surface area contributed by atoms with Gasteiger partial charge in [-0.25, -0.2) is 9.37 Å². The smallest absolute Gasteiger partial charge is 0.424 e. The van der Waals surface area contributed by atoms with Crippen molar-refractivity contribution in [1.82, 2.24) is 15.2 Å². The van der Waals surface area contributed by atoms with Crippen LogP contribution >= 0.6 is 0 Å². The van der Waals surface area contributed by atoms with E-state index in [-0.39, 0.29) is 23.1 Å². The number of likely N-dealkylation sites (tertiary alicyclic amines) is 1. The third-order valence-electron chi connectivity index (χ3n) is 7.97. The molecule has 0 bridgehead atoms. The van der Waals surface area contributed by atoms with Gasteiger partial charge in [-0.1, -0.05) is 6.92 Å². The molecule has 1 amide bonds. The molecule has 1 aromatic heterocycles. The molecule has 11 heteroatoms. The van der Waals surface area contributed by atoms with E-state index in [1.54, 1.807) is 6.07 Å². The minimum Gasteiger partial charge on any atom is -0.493 e. The van der Waals surface area contributed by atoms with Gasteiger partial charge in [0.2, 0.25) is 5.60 Å². The second-order valence-corrected chi connectivity index (χ2v) is 11.4. The maximum atomic E-state index is 14.7. The van der Waals surface area contributed by atoms with Crippen LogP contribution in [0.3, 0.4) is 0 Å². The van der Waals surface area contributed by atoms with Gasteiger partial charge in [-0.3, -0.25) is 4.79 Å². The summed E-state index contributed by atoms with van der Waals surface area (Å²) in [5.74, 6) is -0.636. The number of alkyl halides is 3. The van der Waals surface area contributed by atoms with Gasteiger partial charge >= 0.3 is 6.18 Å². The van der Waals surface area contributed by atoms with Crippen LogP contribution in [0.15, 0.2) is 54.6 Å². The summed E-state index contributed by atoms with van der Waals surface area (Å²) >= 11 is 0. The summed E-state index contributed by atoms with van der Waals surface area (Å²) in [6.07, 6.45) is -2.61. The number of amides is 1. The fourth-order valence-corrected chi connectivity index (χ4v) is 5.20. The largest absolute Gasteiger partial charge is 0.493 e. The van der Waals surface area contributed by atoms with Crippen LogP contribution < -0.4 is 14.8 Å². The first-order valence-electron chi connectivity index (χ1n) is 13.7. The van der Waals surface area contributed by atoms with Crippen LogP contribution in [0, 0.1) is 5.82 Å². The predicted octanol–water partition coefficient (Wildman–Crippen LogP) is 5.21.